The van der Waals surface area contributed by atoms with Crippen molar-refractivity contribution in [1.82, 2.24) is 4.57 Å². The number of hydrogen-bond acceptors (Lipinski definition) is 2. The number of hydrogen-bond donors (Lipinski definition) is 1. The summed E-state index contributed by atoms with van der Waals surface area (Å²) in [6.45, 7) is 0. The van der Waals surface area contributed by atoms with E-state index in [1.807, 2.05) is 42.5 Å². The second-order valence-corrected chi connectivity index (χ2v) is 4.17. The molecule has 0 saturated carbocycles. The van der Waals surface area contributed by atoms with Crippen LogP contribution in [0, 0.1) is 0 Å². The molecule has 0 saturated heterocycles. The molecule has 0 aliphatic heterocycles. The van der Waals surface area contributed by atoms with Gasteiger partial charge in [-0.15, -0.1) is 0 Å². The third-order valence-electron chi connectivity index (χ3n) is 2.98. The fraction of sp³-hybridized carbons (Fsp3) is 0. The highest BCUT2D eigenvalue weighted by atomic mass is 16.1. The molecule has 3 nitrogen and oxygen atoms in total. The van der Waals surface area contributed by atoms with Gasteiger partial charge in [0.2, 0.25) is 0 Å². The van der Waals surface area contributed by atoms with Crippen LogP contribution in [0.5, 0.6) is 0 Å². The van der Waals surface area contributed by atoms with Crippen LogP contribution in [0.2, 0.25) is 0 Å². The van der Waals surface area contributed by atoms with Crippen molar-refractivity contribution in [2.45, 2.75) is 0 Å². The molecule has 0 radical (unpaired) electrons. The zero-order valence-corrected chi connectivity index (χ0v) is 9.71. The molecule has 88 valence electrons. The van der Waals surface area contributed by atoms with Gasteiger partial charge >= 0.3 is 0 Å². The maximum absolute atomic E-state index is 12.3. The molecule has 1 heterocycles. The topological polar surface area (TPSA) is 48.0 Å². The van der Waals surface area contributed by atoms with Gasteiger partial charge in [-0.2, -0.15) is 0 Å². The van der Waals surface area contributed by atoms with Gasteiger partial charge in [-0.3, -0.25) is 9.36 Å². The van der Waals surface area contributed by atoms with Gasteiger partial charge in [0.15, 0.2) is 0 Å². The number of rotatable bonds is 1. The largest absolute Gasteiger partial charge is 0.399 e. The number of nitrogen functional groups attached to an aromatic ring is 1. The molecule has 2 N–H and O–H groups in total. The minimum absolute atomic E-state index is 0.0159. The maximum atomic E-state index is 12.3. The minimum Gasteiger partial charge on any atom is -0.399 e. The lowest BCUT2D eigenvalue weighted by molar-refractivity contribution is 1.01. The third-order valence-corrected chi connectivity index (χ3v) is 2.98. The molecular formula is C15H12N2O. The molecule has 0 aliphatic rings. The summed E-state index contributed by atoms with van der Waals surface area (Å²) in [7, 11) is 0. The molecule has 0 fully saturated rings. The first-order valence-electron chi connectivity index (χ1n) is 5.72. The van der Waals surface area contributed by atoms with Crippen molar-refractivity contribution in [1.29, 1.82) is 0 Å². The van der Waals surface area contributed by atoms with Crippen LogP contribution >= 0.6 is 0 Å². The Morgan fingerprint density at radius 1 is 0.889 bits per heavy atom. The van der Waals surface area contributed by atoms with Crippen LogP contribution in [0.15, 0.2) is 65.6 Å². The molecule has 0 atom stereocenters. The Morgan fingerprint density at radius 3 is 2.39 bits per heavy atom. The maximum Gasteiger partial charge on any atom is 0.262 e. The zero-order valence-electron chi connectivity index (χ0n) is 9.71. The molecule has 2 aromatic carbocycles. The van der Waals surface area contributed by atoms with Crippen molar-refractivity contribution in [3.63, 3.8) is 0 Å². The van der Waals surface area contributed by atoms with E-state index < -0.39 is 0 Å². The number of benzene rings is 2. The van der Waals surface area contributed by atoms with Crippen LogP contribution in [-0.2, 0) is 0 Å². The van der Waals surface area contributed by atoms with E-state index in [0.29, 0.717) is 5.69 Å². The van der Waals surface area contributed by atoms with E-state index in [0.717, 1.165) is 16.5 Å². The third kappa shape index (κ3) is 1.66. The first-order valence-corrected chi connectivity index (χ1v) is 5.72. The van der Waals surface area contributed by atoms with Crippen LogP contribution in [0.1, 0.15) is 0 Å². The van der Waals surface area contributed by atoms with E-state index >= 15 is 0 Å². The fourth-order valence-electron chi connectivity index (χ4n) is 2.03. The molecule has 3 heteroatoms. The predicted octanol–water partition coefficient (Wildman–Crippen LogP) is 2.57. The SMILES string of the molecule is Nc1ccc(-n2ccc3ccccc3c2=O)cc1. The van der Waals surface area contributed by atoms with Gasteiger partial charge in [0.25, 0.3) is 5.56 Å². The Kier molecular flexibility index (Phi) is 2.38. The van der Waals surface area contributed by atoms with Crippen LogP contribution in [0.3, 0.4) is 0 Å². The van der Waals surface area contributed by atoms with Crippen molar-refractivity contribution in [2.24, 2.45) is 0 Å². The summed E-state index contributed by atoms with van der Waals surface area (Å²) in [5.74, 6) is 0. The summed E-state index contributed by atoms with van der Waals surface area (Å²) in [4.78, 5) is 12.3. The second kappa shape index (κ2) is 4.04. The average molecular weight is 236 g/mol. The van der Waals surface area contributed by atoms with Crippen molar-refractivity contribution in [3.8, 4) is 5.69 Å². The molecule has 0 bridgehead atoms. The van der Waals surface area contributed by atoms with Crippen molar-refractivity contribution in [2.75, 3.05) is 5.73 Å². The molecule has 0 spiro atoms. The summed E-state index contributed by atoms with van der Waals surface area (Å²) in [5.41, 5.74) is 7.14. The van der Waals surface area contributed by atoms with Gasteiger partial charge in [0.1, 0.15) is 0 Å². The molecule has 0 unspecified atom stereocenters. The first-order chi connectivity index (χ1) is 8.75. The Bertz CT molecular complexity index is 757. The van der Waals surface area contributed by atoms with Crippen LogP contribution < -0.4 is 11.3 Å². The van der Waals surface area contributed by atoms with Gasteiger partial charge in [-0.1, -0.05) is 18.2 Å². The molecule has 0 amide bonds. The van der Waals surface area contributed by atoms with Crippen molar-refractivity contribution in [3.05, 3.63) is 71.1 Å². The lowest BCUT2D eigenvalue weighted by atomic mass is 10.1. The second-order valence-electron chi connectivity index (χ2n) is 4.17. The van der Waals surface area contributed by atoms with E-state index in [1.165, 1.54) is 0 Å². The summed E-state index contributed by atoms with van der Waals surface area (Å²) in [6.07, 6.45) is 1.79. The van der Waals surface area contributed by atoms with Crippen LogP contribution in [0.25, 0.3) is 16.5 Å². The smallest absolute Gasteiger partial charge is 0.262 e. The standard InChI is InChI=1S/C15H12N2O/c16-12-5-7-13(8-6-12)17-10-9-11-3-1-2-4-14(11)15(17)18/h1-10H,16H2. The van der Waals surface area contributed by atoms with E-state index in [9.17, 15) is 4.79 Å². The molecule has 18 heavy (non-hydrogen) atoms. The zero-order chi connectivity index (χ0) is 12.5. The normalized spacial score (nSPS) is 10.7. The van der Waals surface area contributed by atoms with E-state index in [-0.39, 0.29) is 5.56 Å². The van der Waals surface area contributed by atoms with Gasteiger partial charge in [0.05, 0.1) is 0 Å². The van der Waals surface area contributed by atoms with Gasteiger partial charge in [-0.25, -0.2) is 0 Å². The van der Waals surface area contributed by atoms with Gasteiger partial charge < -0.3 is 5.73 Å². The Hall–Kier alpha value is -2.55. The summed E-state index contributed by atoms with van der Waals surface area (Å²) >= 11 is 0. The number of aromatic nitrogens is 1. The van der Waals surface area contributed by atoms with Gasteiger partial charge in [0, 0.05) is 23.0 Å². The molecule has 3 rings (SSSR count). The number of nitrogens with two attached hydrogens (primary N) is 1. The minimum atomic E-state index is -0.0159. The van der Waals surface area contributed by atoms with E-state index in [2.05, 4.69) is 0 Å². The number of pyridine rings is 1. The van der Waals surface area contributed by atoms with Gasteiger partial charge in [-0.05, 0) is 41.8 Å². The summed E-state index contributed by atoms with van der Waals surface area (Å²) in [6, 6.07) is 16.8. The van der Waals surface area contributed by atoms with Crippen LogP contribution in [-0.4, -0.2) is 4.57 Å². The quantitative estimate of drug-likeness (QED) is 0.660. The molecular weight excluding hydrogens is 224 g/mol. The predicted molar refractivity (Wildman–Crippen MR) is 74.0 cm³/mol. The lowest BCUT2D eigenvalue weighted by Crippen LogP contribution is -2.17. The Balaban J connectivity index is 2.27. The number of fused-ring (bicyclic) bond motifs is 1. The summed E-state index contributed by atoms with van der Waals surface area (Å²) in [5, 5.41) is 1.67. The highest BCUT2D eigenvalue weighted by Crippen LogP contribution is 2.13. The van der Waals surface area contributed by atoms with E-state index in [1.54, 1.807) is 22.9 Å². The average Bonchev–Trinajstić information content (AvgIpc) is 2.41. The summed E-state index contributed by atoms with van der Waals surface area (Å²) < 4.78 is 1.63. The van der Waals surface area contributed by atoms with Crippen molar-refractivity contribution < 1.29 is 0 Å². The lowest BCUT2D eigenvalue weighted by Gasteiger charge is -2.07. The fourth-order valence-corrected chi connectivity index (χ4v) is 2.03. The highest BCUT2D eigenvalue weighted by molar-refractivity contribution is 5.81. The van der Waals surface area contributed by atoms with E-state index in [4.69, 9.17) is 5.73 Å². The highest BCUT2D eigenvalue weighted by Gasteiger charge is 2.03. The van der Waals surface area contributed by atoms with Crippen LogP contribution in [0.4, 0.5) is 5.69 Å². The number of anilines is 1. The van der Waals surface area contributed by atoms with Crippen molar-refractivity contribution >= 4 is 16.5 Å². The number of nitrogens with zero attached hydrogens (tertiary/aromatic N) is 1. The Morgan fingerprint density at radius 2 is 1.61 bits per heavy atom. The molecule has 3 aromatic rings. The molecule has 0 aliphatic carbocycles. The monoisotopic (exact) mass is 236 g/mol. The first kappa shape index (κ1) is 10.6. The molecule has 1 aromatic heterocycles. The Labute approximate surface area is 104 Å².